The average Bonchev–Trinajstić information content (AvgIpc) is 3.25. The number of carboxylic acid groups (broad SMARTS) is 1. The first-order valence-electron chi connectivity index (χ1n) is 7.70. The van der Waals surface area contributed by atoms with Crippen LogP contribution in [0.15, 0.2) is 24.3 Å². The Morgan fingerprint density at radius 2 is 2.00 bits per heavy atom. The van der Waals surface area contributed by atoms with Gasteiger partial charge in [-0.25, -0.2) is 0 Å². The van der Waals surface area contributed by atoms with Gasteiger partial charge in [0, 0.05) is 25.8 Å². The van der Waals surface area contributed by atoms with E-state index in [1.807, 2.05) is 18.2 Å². The minimum atomic E-state index is -0.780. The molecule has 1 heterocycles. The van der Waals surface area contributed by atoms with E-state index in [0.29, 0.717) is 31.2 Å². The highest BCUT2D eigenvalue weighted by molar-refractivity contribution is 5.96. The Bertz CT molecular complexity index is 582. The summed E-state index contributed by atoms with van der Waals surface area (Å²) in [6, 6.07) is 7.37. The number of methoxy groups -OCH3 is 1. The zero-order chi connectivity index (χ0) is 15.7. The largest absolute Gasteiger partial charge is 0.481 e. The van der Waals surface area contributed by atoms with E-state index in [-0.39, 0.29) is 11.8 Å². The van der Waals surface area contributed by atoms with Gasteiger partial charge in [-0.2, -0.15) is 0 Å². The fraction of sp³-hybridized carbons (Fsp3) is 0.529. The molecule has 0 spiro atoms. The van der Waals surface area contributed by atoms with E-state index in [1.165, 1.54) is 0 Å². The van der Waals surface area contributed by atoms with Crippen LogP contribution in [0, 0.1) is 17.8 Å². The van der Waals surface area contributed by atoms with Crippen LogP contribution in [0.3, 0.4) is 0 Å². The first-order chi connectivity index (χ1) is 10.6. The molecular formula is C17H21NO4. The lowest BCUT2D eigenvalue weighted by Crippen LogP contribution is -2.30. The van der Waals surface area contributed by atoms with Crippen molar-refractivity contribution in [3.05, 3.63) is 35.4 Å². The lowest BCUT2D eigenvalue weighted by molar-refractivity contribution is -0.142. The number of nitrogens with zero attached hydrogens (tertiary/aromatic N) is 1. The van der Waals surface area contributed by atoms with Crippen molar-refractivity contribution in [3.8, 4) is 0 Å². The lowest BCUT2D eigenvalue weighted by Gasteiger charge is -2.18. The quantitative estimate of drug-likeness (QED) is 0.903. The SMILES string of the molecule is COCc1ccccc1C(=O)N1C[C@H](C(=O)O)[C@@H](C2CC2)C1. The number of amides is 1. The minimum absolute atomic E-state index is 0.0814. The Kier molecular flexibility index (Phi) is 4.16. The van der Waals surface area contributed by atoms with E-state index in [4.69, 9.17) is 4.74 Å². The van der Waals surface area contributed by atoms with Crippen molar-refractivity contribution in [2.75, 3.05) is 20.2 Å². The Morgan fingerprint density at radius 3 is 2.64 bits per heavy atom. The summed E-state index contributed by atoms with van der Waals surface area (Å²) < 4.78 is 5.15. The van der Waals surface area contributed by atoms with Crippen molar-refractivity contribution in [1.29, 1.82) is 0 Å². The number of rotatable bonds is 5. The molecule has 1 aliphatic heterocycles. The fourth-order valence-corrected chi connectivity index (χ4v) is 3.44. The summed E-state index contributed by atoms with van der Waals surface area (Å²) >= 11 is 0. The van der Waals surface area contributed by atoms with Crippen molar-refractivity contribution >= 4 is 11.9 Å². The summed E-state index contributed by atoms with van der Waals surface area (Å²) in [5, 5.41) is 9.41. The second kappa shape index (κ2) is 6.08. The molecule has 1 aliphatic carbocycles. The monoisotopic (exact) mass is 303 g/mol. The van der Waals surface area contributed by atoms with E-state index < -0.39 is 11.9 Å². The van der Waals surface area contributed by atoms with Crippen molar-refractivity contribution in [2.24, 2.45) is 17.8 Å². The molecule has 1 aromatic carbocycles. The van der Waals surface area contributed by atoms with Crippen LogP contribution in [-0.2, 0) is 16.1 Å². The van der Waals surface area contributed by atoms with Crippen LogP contribution in [0.1, 0.15) is 28.8 Å². The number of aliphatic carboxylic acids is 1. The molecule has 0 radical (unpaired) electrons. The summed E-state index contributed by atoms with van der Waals surface area (Å²) in [5.74, 6) is -0.699. The standard InChI is InChI=1S/C17H21NO4/c1-22-10-12-4-2-3-5-13(12)16(19)18-8-14(11-6-7-11)15(9-18)17(20)21/h2-5,11,14-15H,6-10H2,1H3,(H,20,21)/t14-,15+/m1/s1. The van der Waals surface area contributed by atoms with E-state index in [0.717, 1.165) is 18.4 Å². The third-order valence-corrected chi connectivity index (χ3v) is 4.74. The van der Waals surface area contributed by atoms with Crippen molar-refractivity contribution in [1.82, 2.24) is 4.90 Å². The molecule has 5 heteroatoms. The van der Waals surface area contributed by atoms with E-state index in [9.17, 15) is 14.7 Å². The van der Waals surface area contributed by atoms with Crippen LogP contribution in [-0.4, -0.2) is 42.1 Å². The topological polar surface area (TPSA) is 66.8 Å². The summed E-state index contributed by atoms with van der Waals surface area (Å²) in [6.07, 6.45) is 2.19. The van der Waals surface area contributed by atoms with Gasteiger partial charge in [-0.05, 0) is 36.3 Å². The normalized spacial score (nSPS) is 24.5. The third kappa shape index (κ3) is 2.86. The van der Waals surface area contributed by atoms with Crippen molar-refractivity contribution < 1.29 is 19.4 Å². The predicted octanol–water partition coefficient (Wildman–Crippen LogP) is 2.02. The maximum Gasteiger partial charge on any atom is 0.308 e. The van der Waals surface area contributed by atoms with Crippen molar-refractivity contribution in [2.45, 2.75) is 19.4 Å². The Hall–Kier alpha value is -1.88. The van der Waals surface area contributed by atoms with Gasteiger partial charge in [-0.15, -0.1) is 0 Å². The minimum Gasteiger partial charge on any atom is -0.481 e. The Labute approximate surface area is 129 Å². The van der Waals surface area contributed by atoms with Gasteiger partial charge < -0.3 is 14.7 Å². The van der Waals surface area contributed by atoms with Crippen LogP contribution >= 0.6 is 0 Å². The number of carbonyl (C=O) groups excluding carboxylic acids is 1. The van der Waals surface area contributed by atoms with Crippen LogP contribution < -0.4 is 0 Å². The molecular weight excluding hydrogens is 282 g/mol. The number of hydrogen-bond donors (Lipinski definition) is 1. The molecule has 0 aromatic heterocycles. The predicted molar refractivity (Wildman–Crippen MR) is 80.4 cm³/mol. The first-order valence-corrected chi connectivity index (χ1v) is 7.70. The number of likely N-dealkylation sites (tertiary alicyclic amines) is 1. The molecule has 3 rings (SSSR count). The van der Waals surface area contributed by atoms with Gasteiger partial charge >= 0.3 is 5.97 Å². The number of benzene rings is 1. The van der Waals surface area contributed by atoms with Gasteiger partial charge in [-0.1, -0.05) is 18.2 Å². The van der Waals surface area contributed by atoms with E-state index in [2.05, 4.69) is 0 Å². The van der Waals surface area contributed by atoms with Crippen LogP contribution in [0.25, 0.3) is 0 Å². The van der Waals surface area contributed by atoms with Gasteiger partial charge in [0.1, 0.15) is 0 Å². The first kappa shape index (κ1) is 15.0. The molecule has 1 N–H and O–H groups in total. The molecule has 2 fully saturated rings. The fourth-order valence-electron chi connectivity index (χ4n) is 3.44. The van der Waals surface area contributed by atoms with Gasteiger partial charge in [-0.3, -0.25) is 9.59 Å². The average molecular weight is 303 g/mol. The smallest absolute Gasteiger partial charge is 0.308 e. The van der Waals surface area contributed by atoms with Crippen LogP contribution in [0.4, 0.5) is 0 Å². The maximum absolute atomic E-state index is 12.8. The van der Waals surface area contributed by atoms with Gasteiger partial charge in [0.15, 0.2) is 0 Å². The van der Waals surface area contributed by atoms with Crippen molar-refractivity contribution in [3.63, 3.8) is 0 Å². The van der Waals surface area contributed by atoms with Crippen LogP contribution in [0.5, 0.6) is 0 Å². The second-order valence-corrected chi connectivity index (χ2v) is 6.25. The molecule has 1 saturated carbocycles. The second-order valence-electron chi connectivity index (χ2n) is 6.25. The molecule has 1 saturated heterocycles. The highest BCUT2D eigenvalue weighted by Gasteiger charge is 2.47. The zero-order valence-corrected chi connectivity index (χ0v) is 12.7. The Balaban J connectivity index is 1.79. The summed E-state index contributed by atoms with van der Waals surface area (Å²) in [5.41, 5.74) is 1.46. The number of ether oxygens (including phenoxy) is 1. The molecule has 2 aliphatic rings. The molecule has 0 unspecified atom stereocenters. The number of carboxylic acids is 1. The van der Waals surface area contributed by atoms with E-state index in [1.54, 1.807) is 18.1 Å². The molecule has 1 aromatic rings. The molecule has 5 nitrogen and oxygen atoms in total. The van der Waals surface area contributed by atoms with Gasteiger partial charge in [0.2, 0.25) is 0 Å². The maximum atomic E-state index is 12.8. The summed E-state index contributed by atoms with van der Waals surface area (Å²) in [4.78, 5) is 25.9. The number of carbonyl (C=O) groups is 2. The molecule has 2 atom stereocenters. The zero-order valence-electron chi connectivity index (χ0n) is 12.7. The molecule has 118 valence electrons. The van der Waals surface area contributed by atoms with E-state index >= 15 is 0 Å². The Morgan fingerprint density at radius 1 is 1.27 bits per heavy atom. The highest BCUT2D eigenvalue weighted by Crippen LogP contribution is 2.44. The number of hydrogen-bond acceptors (Lipinski definition) is 3. The summed E-state index contributed by atoms with van der Waals surface area (Å²) in [6.45, 7) is 1.25. The van der Waals surface area contributed by atoms with Crippen LogP contribution in [0.2, 0.25) is 0 Å². The molecule has 0 bridgehead atoms. The van der Waals surface area contributed by atoms with Gasteiger partial charge in [0.25, 0.3) is 5.91 Å². The molecule has 1 amide bonds. The highest BCUT2D eigenvalue weighted by atomic mass is 16.5. The third-order valence-electron chi connectivity index (χ3n) is 4.74. The lowest BCUT2D eigenvalue weighted by atomic mass is 9.92. The molecule has 22 heavy (non-hydrogen) atoms. The summed E-state index contributed by atoms with van der Waals surface area (Å²) in [7, 11) is 1.60. The van der Waals surface area contributed by atoms with Gasteiger partial charge in [0.05, 0.1) is 12.5 Å².